The van der Waals surface area contributed by atoms with Crippen LogP contribution in [-0.2, 0) is 9.47 Å². The predicted octanol–water partition coefficient (Wildman–Crippen LogP) is 0.603. The summed E-state index contributed by atoms with van der Waals surface area (Å²) in [6.45, 7) is 4.45. The van der Waals surface area contributed by atoms with Crippen molar-refractivity contribution >= 4 is 0 Å². The first-order valence-electron chi connectivity index (χ1n) is 3.50. The van der Waals surface area contributed by atoms with Crippen molar-refractivity contribution in [1.29, 1.82) is 0 Å². The summed E-state index contributed by atoms with van der Waals surface area (Å²) in [6.07, 6.45) is 0.199. The summed E-state index contributed by atoms with van der Waals surface area (Å²) in [7, 11) is 3.54. The molecule has 0 amide bonds. The number of hydrogen-bond donors (Lipinski definition) is 1. The standard InChI is InChI=1S/C7H17NO2/c1-6(8-3)7(2)10-5-9-4/h6-8H,5H2,1-4H3/t6-,7?/m0/s1. The van der Waals surface area contributed by atoms with E-state index in [0.717, 1.165) is 0 Å². The summed E-state index contributed by atoms with van der Waals surface area (Å²) in [5.41, 5.74) is 0. The molecule has 0 spiro atoms. The maximum atomic E-state index is 5.26. The second kappa shape index (κ2) is 5.65. The van der Waals surface area contributed by atoms with E-state index < -0.39 is 0 Å². The molecule has 3 heteroatoms. The third-order valence-corrected chi connectivity index (χ3v) is 1.61. The van der Waals surface area contributed by atoms with Crippen molar-refractivity contribution in [3.8, 4) is 0 Å². The molecule has 1 unspecified atom stereocenters. The Morgan fingerprint density at radius 2 is 2.00 bits per heavy atom. The van der Waals surface area contributed by atoms with Crippen molar-refractivity contribution in [3.05, 3.63) is 0 Å². The quantitative estimate of drug-likeness (QED) is 0.578. The molecule has 0 bridgehead atoms. The van der Waals surface area contributed by atoms with Crippen LogP contribution in [0, 0.1) is 0 Å². The molecular weight excluding hydrogens is 130 g/mol. The SMILES string of the molecule is CN[C@@H](C)C(C)OCOC. The van der Waals surface area contributed by atoms with Gasteiger partial charge in [0.15, 0.2) is 0 Å². The van der Waals surface area contributed by atoms with E-state index in [1.807, 2.05) is 14.0 Å². The van der Waals surface area contributed by atoms with Gasteiger partial charge in [0.05, 0.1) is 6.10 Å². The molecule has 0 aromatic rings. The molecule has 10 heavy (non-hydrogen) atoms. The lowest BCUT2D eigenvalue weighted by atomic mass is 10.2. The average molecular weight is 147 g/mol. The van der Waals surface area contributed by atoms with Crippen LogP contribution in [0.3, 0.4) is 0 Å². The molecule has 0 aliphatic carbocycles. The highest BCUT2D eigenvalue weighted by molar-refractivity contribution is 4.64. The lowest BCUT2D eigenvalue weighted by Crippen LogP contribution is -2.34. The van der Waals surface area contributed by atoms with Crippen molar-refractivity contribution in [2.45, 2.75) is 26.0 Å². The van der Waals surface area contributed by atoms with E-state index in [-0.39, 0.29) is 6.10 Å². The van der Waals surface area contributed by atoms with Crippen LogP contribution < -0.4 is 5.32 Å². The minimum atomic E-state index is 0.199. The van der Waals surface area contributed by atoms with Crippen molar-refractivity contribution in [2.75, 3.05) is 21.0 Å². The normalized spacial score (nSPS) is 16.8. The summed E-state index contributed by atoms with van der Waals surface area (Å²) in [4.78, 5) is 0. The number of ether oxygens (including phenoxy) is 2. The number of likely N-dealkylation sites (N-methyl/N-ethyl adjacent to an activating group) is 1. The molecular formula is C7H17NO2. The smallest absolute Gasteiger partial charge is 0.146 e. The second-order valence-corrected chi connectivity index (χ2v) is 2.36. The minimum Gasteiger partial charge on any atom is -0.359 e. The van der Waals surface area contributed by atoms with Gasteiger partial charge in [-0.05, 0) is 20.9 Å². The molecule has 2 atom stereocenters. The molecule has 0 saturated carbocycles. The topological polar surface area (TPSA) is 30.5 Å². The van der Waals surface area contributed by atoms with Gasteiger partial charge >= 0.3 is 0 Å². The maximum Gasteiger partial charge on any atom is 0.146 e. The molecule has 0 rings (SSSR count). The Hall–Kier alpha value is -0.120. The largest absolute Gasteiger partial charge is 0.359 e. The van der Waals surface area contributed by atoms with Gasteiger partial charge in [0.1, 0.15) is 6.79 Å². The number of methoxy groups -OCH3 is 1. The second-order valence-electron chi connectivity index (χ2n) is 2.36. The van der Waals surface area contributed by atoms with Gasteiger partial charge in [0.25, 0.3) is 0 Å². The van der Waals surface area contributed by atoms with Gasteiger partial charge in [0.2, 0.25) is 0 Å². The monoisotopic (exact) mass is 147 g/mol. The fourth-order valence-corrected chi connectivity index (χ4v) is 0.554. The van der Waals surface area contributed by atoms with Crippen LogP contribution in [0.4, 0.5) is 0 Å². The molecule has 0 saturated heterocycles. The van der Waals surface area contributed by atoms with E-state index in [0.29, 0.717) is 12.8 Å². The van der Waals surface area contributed by atoms with Crippen molar-refractivity contribution in [2.24, 2.45) is 0 Å². The van der Waals surface area contributed by atoms with E-state index in [4.69, 9.17) is 9.47 Å². The Morgan fingerprint density at radius 1 is 1.40 bits per heavy atom. The van der Waals surface area contributed by atoms with E-state index in [9.17, 15) is 0 Å². The molecule has 0 aromatic carbocycles. The summed E-state index contributed by atoms with van der Waals surface area (Å²) in [5, 5.41) is 3.09. The summed E-state index contributed by atoms with van der Waals surface area (Å²) < 4.78 is 10.0. The Bertz CT molecular complexity index is 78.0. The zero-order valence-corrected chi connectivity index (χ0v) is 7.18. The molecule has 0 fully saturated rings. The van der Waals surface area contributed by atoms with Gasteiger partial charge in [-0.1, -0.05) is 0 Å². The van der Waals surface area contributed by atoms with Gasteiger partial charge in [-0.15, -0.1) is 0 Å². The molecule has 1 N–H and O–H groups in total. The molecule has 0 radical (unpaired) electrons. The van der Waals surface area contributed by atoms with Gasteiger partial charge in [-0.25, -0.2) is 0 Å². The fraction of sp³-hybridized carbons (Fsp3) is 1.00. The first-order chi connectivity index (χ1) is 4.72. The van der Waals surface area contributed by atoms with Crippen LogP contribution in [0.1, 0.15) is 13.8 Å². The van der Waals surface area contributed by atoms with Crippen LogP contribution >= 0.6 is 0 Å². The molecule has 0 aliphatic rings. The highest BCUT2D eigenvalue weighted by atomic mass is 16.7. The van der Waals surface area contributed by atoms with Crippen molar-refractivity contribution < 1.29 is 9.47 Å². The maximum absolute atomic E-state index is 5.26. The minimum absolute atomic E-state index is 0.199. The Kier molecular flexibility index (Phi) is 5.58. The lowest BCUT2D eigenvalue weighted by molar-refractivity contribution is -0.0737. The zero-order chi connectivity index (χ0) is 7.98. The highest BCUT2D eigenvalue weighted by Crippen LogP contribution is 1.96. The summed E-state index contributed by atoms with van der Waals surface area (Å²) >= 11 is 0. The third-order valence-electron chi connectivity index (χ3n) is 1.61. The van der Waals surface area contributed by atoms with Crippen molar-refractivity contribution in [1.82, 2.24) is 5.32 Å². The number of hydrogen-bond acceptors (Lipinski definition) is 3. The average Bonchev–Trinajstić information content (AvgIpc) is 1.98. The van der Waals surface area contributed by atoms with Crippen LogP contribution in [0.25, 0.3) is 0 Å². The first-order valence-corrected chi connectivity index (χ1v) is 3.50. The summed E-state index contributed by atoms with van der Waals surface area (Å²) in [6, 6.07) is 0.371. The lowest BCUT2D eigenvalue weighted by Gasteiger charge is -2.18. The van der Waals surface area contributed by atoms with E-state index in [1.165, 1.54) is 0 Å². The molecule has 62 valence electrons. The van der Waals surface area contributed by atoms with Gasteiger partial charge in [0, 0.05) is 13.2 Å². The Balaban J connectivity index is 3.31. The molecule has 0 aliphatic heterocycles. The highest BCUT2D eigenvalue weighted by Gasteiger charge is 2.08. The molecule has 3 nitrogen and oxygen atoms in total. The molecule has 0 heterocycles. The fourth-order valence-electron chi connectivity index (χ4n) is 0.554. The third kappa shape index (κ3) is 3.82. The Morgan fingerprint density at radius 3 is 2.40 bits per heavy atom. The van der Waals surface area contributed by atoms with E-state index >= 15 is 0 Å². The predicted molar refractivity (Wildman–Crippen MR) is 40.9 cm³/mol. The van der Waals surface area contributed by atoms with Crippen LogP contribution in [0.5, 0.6) is 0 Å². The van der Waals surface area contributed by atoms with Crippen molar-refractivity contribution in [3.63, 3.8) is 0 Å². The summed E-state index contributed by atoms with van der Waals surface area (Å²) in [5.74, 6) is 0. The number of nitrogens with one attached hydrogen (secondary N) is 1. The van der Waals surface area contributed by atoms with Crippen LogP contribution in [-0.4, -0.2) is 33.1 Å². The van der Waals surface area contributed by atoms with E-state index in [1.54, 1.807) is 7.11 Å². The van der Waals surface area contributed by atoms with Gasteiger partial charge < -0.3 is 14.8 Å². The molecule has 0 aromatic heterocycles. The number of rotatable bonds is 5. The Labute approximate surface area is 62.7 Å². The zero-order valence-electron chi connectivity index (χ0n) is 7.18. The van der Waals surface area contributed by atoms with Crippen LogP contribution in [0.2, 0.25) is 0 Å². The van der Waals surface area contributed by atoms with Gasteiger partial charge in [-0.3, -0.25) is 0 Å². The van der Waals surface area contributed by atoms with E-state index in [2.05, 4.69) is 12.2 Å². The van der Waals surface area contributed by atoms with Gasteiger partial charge in [-0.2, -0.15) is 0 Å². The van der Waals surface area contributed by atoms with Crippen LogP contribution in [0.15, 0.2) is 0 Å². The first kappa shape index (κ1) is 9.88.